The monoisotopic (exact) mass is 618 g/mol. The van der Waals surface area contributed by atoms with E-state index in [4.69, 9.17) is 31.2 Å². The summed E-state index contributed by atoms with van der Waals surface area (Å²) in [4.78, 5) is 25.2. The van der Waals surface area contributed by atoms with Gasteiger partial charge in [0.15, 0.2) is 23.2 Å². The summed E-state index contributed by atoms with van der Waals surface area (Å²) in [5.41, 5.74) is 4.74. The fourth-order valence-corrected chi connectivity index (χ4v) is 4.67. The molecule has 1 amide bonds. The Morgan fingerprint density at radius 3 is 2.54 bits per heavy atom. The van der Waals surface area contributed by atoms with E-state index in [1.54, 1.807) is 38.1 Å². The summed E-state index contributed by atoms with van der Waals surface area (Å²) in [6.07, 6.45) is 1.49. The number of esters is 1. The van der Waals surface area contributed by atoms with Crippen molar-refractivity contribution < 1.29 is 28.5 Å². The van der Waals surface area contributed by atoms with Crippen LogP contribution in [0.3, 0.4) is 0 Å². The number of carbonyl (C=O) groups excluding carboxylic acids is 2. The molecule has 2 aromatic carbocycles. The quantitative estimate of drug-likeness (QED) is 0.140. The standard InChI is InChI=1S/C27H31BrN4O6S/c1-5-35-21-13-17(12-19(28)25(21)36-6-2)14-29-32-22(33)15-38-20-11-9-8-10-18(20)24-23(26(34)37-7-3)16(4)30-27(39)31-24/h8-14,24H,5-7,15H2,1-4H3,(H,32,33)(H2,30,31,39)/t24-/m0/s1. The zero-order chi connectivity index (χ0) is 28.4. The Hall–Kier alpha value is -3.64. The molecular formula is C27H31BrN4O6S. The normalized spacial score (nSPS) is 14.9. The average Bonchev–Trinajstić information content (AvgIpc) is 2.89. The Labute approximate surface area is 241 Å². The molecule has 0 bridgehead atoms. The molecule has 0 fully saturated rings. The van der Waals surface area contributed by atoms with Gasteiger partial charge in [0.2, 0.25) is 0 Å². The third kappa shape index (κ3) is 7.93. The van der Waals surface area contributed by atoms with Crippen molar-refractivity contribution in [2.24, 2.45) is 5.10 Å². The molecule has 0 saturated carbocycles. The zero-order valence-electron chi connectivity index (χ0n) is 22.1. The van der Waals surface area contributed by atoms with E-state index in [0.717, 1.165) is 0 Å². The molecule has 12 heteroatoms. The van der Waals surface area contributed by atoms with Crippen molar-refractivity contribution in [1.82, 2.24) is 16.1 Å². The smallest absolute Gasteiger partial charge is 0.338 e. The van der Waals surface area contributed by atoms with Crippen LogP contribution < -0.4 is 30.3 Å². The minimum Gasteiger partial charge on any atom is -0.490 e. The van der Waals surface area contributed by atoms with Crippen molar-refractivity contribution in [2.75, 3.05) is 26.4 Å². The highest BCUT2D eigenvalue weighted by Gasteiger charge is 2.32. The number of benzene rings is 2. The topological polar surface area (TPSA) is 120 Å². The number of allylic oxidation sites excluding steroid dienone is 1. The fraction of sp³-hybridized carbons (Fsp3) is 0.333. The summed E-state index contributed by atoms with van der Waals surface area (Å²) in [5.74, 6) is 0.636. The molecule has 39 heavy (non-hydrogen) atoms. The largest absolute Gasteiger partial charge is 0.490 e. The number of carbonyl (C=O) groups is 2. The van der Waals surface area contributed by atoms with E-state index < -0.39 is 17.9 Å². The van der Waals surface area contributed by atoms with Crippen LogP contribution in [-0.2, 0) is 14.3 Å². The first-order valence-electron chi connectivity index (χ1n) is 12.4. The highest BCUT2D eigenvalue weighted by molar-refractivity contribution is 9.10. The lowest BCUT2D eigenvalue weighted by atomic mass is 9.95. The predicted molar refractivity (Wildman–Crippen MR) is 155 cm³/mol. The molecule has 2 aromatic rings. The number of para-hydroxylation sites is 1. The minimum atomic E-state index is -0.618. The third-order valence-electron chi connectivity index (χ3n) is 5.38. The molecule has 0 spiro atoms. The van der Waals surface area contributed by atoms with Gasteiger partial charge in [0.05, 0.1) is 42.1 Å². The molecular weight excluding hydrogens is 588 g/mol. The number of nitrogens with zero attached hydrogens (tertiary/aromatic N) is 1. The minimum absolute atomic E-state index is 0.228. The Kier molecular flexibility index (Phi) is 11.1. The fourth-order valence-electron chi connectivity index (χ4n) is 3.82. The highest BCUT2D eigenvalue weighted by atomic mass is 79.9. The van der Waals surface area contributed by atoms with Crippen LogP contribution in [0, 0.1) is 0 Å². The van der Waals surface area contributed by atoms with Gasteiger partial charge in [-0.15, -0.1) is 0 Å². The van der Waals surface area contributed by atoms with Gasteiger partial charge in [-0.3, -0.25) is 4.79 Å². The van der Waals surface area contributed by atoms with Gasteiger partial charge < -0.3 is 29.6 Å². The number of amides is 1. The van der Waals surface area contributed by atoms with E-state index in [1.807, 2.05) is 26.0 Å². The Balaban J connectivity index is 1.70. The van der Waals surface area contributed by atoms with Gasteiger partial charge in [0.1, 0.15) is 5.75 Å². The maximum Gasteiger partial charge on any atom is 0.338 e. The van der Waals surface area contributed by atoms with Crippen molar-refractivity contribution in [3.63, 3.8) is 0 Å². The van der Waals surface area contributed by atoms with E-state index in [2.05, 4.69) is 37.1 Å². The van der Waals surface area contributed by atoms with E-state index in [-0.39, 0.29) is 13.2 Å². The van der Waals surface area contributed by atoms with Gasteiger partial charge >= 0.3 is 5.97 Å². The first-order valence-corrected chi connectivity index (χ1v) is 13.6. The maximum atomic E-state index is 12.7. The lowest BCUT2D eigenvalue weighted by Crippen LogP contribution is -2.45. The summed E-state index contributed by atoms with van der Waals surface area (Å²) >= 11 is 8.79. The summed E-state index contributed by atoms with van der Waals surface area (Å²) in [6.45, 7) is 8.15. The van der Waals surface area contributed by atoms with Crippen molar-refractivity contribution in [3.8, 4) is 17.2 Å². The molecule has 1 heterocycles. The zero-order valence-corrected chi connectivity index (χ0v) is 24.5. The molecule has 3 rings (SSSR count). The van der Waals surface area contributed by atoms with Crippen LogP contribution in [-0.4, -0.2) is 49.6 Å². The summed E-state index contributed by atoms with van der Waals surface area (Å²) in [5, 5.41) is 10.4. The molecule has 0 radical (unpaired) electrons. The van der Waals surface area contributed by atoms with Gasteiger partial charge in [0.25, 0.3) is 5.91 Å². The van der Waals surface area contributed by atoms with Crippen LogP contribution >= 0.6 is 28.1 Å². The summed E-state index contributed by atoms with van der Waals surface area (Å²) in [7, 11) is 0. The Morgan fingerprint density at radius 2 is 1.82 bits per heavy atom. The van der Waals surface area contributed by atoms with Gasteiger partial charge in [-0.1, -0.05) is 18.2 Å². The lowest BCUT2D eigenvalue weighted by Gasteiger charge is -2.30. The molecule has 1 aliphatic rings. The van der Waals surface area contributed by atoms with Crippen molar-refractivity contribution in [1.29, 1.82) is 0 Å². The van der Waals surface area contributed by atoms with Crippen molar-refractivity contribution in [3.05, 3.63) is 63.3 Å². The molecule has 3 N–H and O–H groups in total. The highest BCUT2D eigenvalue weighted by Crippen LogP contribution is 2.37. The van der Waals surface area contributed by atoms with Gasteiger partial charge in [0, 0.05) is 11.3 Å². The maximum absolute atomic E-state index is 12.7. The van der Waals surface area contributed by atoms with E-state index in [9.17, 15) is 9.59 Å². The van der Waals surface area contributed by atoms with E-state index >= 15 is 0 Å². The van der Waals surface area contributed by atoms with Crippen LogP contribution in [0.1, 0.15) is 44.9 Å². The Bertz CT molecular complexity index is 1280. The molecule has 0 unspecified atom stereocenters. The van der Waals surface area contributed by atoms with Gasteiger partial charge in [-0.25, -0.2) is 10.2 Å². The molecule has 1 atom stereocenters. The second kappa shape index (κ2) is 14.5. The average molecular weight is 620 g/mol. The molecule has 0 aromatic heterocycles. The summed E-state index contributed by atoms with van der Waals surface area (Å²) < 4.78 is 23.1. The van der Waals surface area contributed by atoms with Gasteiger partial charge in [-0.05, 0) is 79.6 Å². The lowest BCUT2D eigenvalue weighted by molar-refractivity contribution is -0.139. The van der Waals surface area contributed by atoms with Crippen LogP contribution in [0.25, 0.3) is 0 Å². The van der Waals surface area contributed by atoms with Crippen LogP contribution in [0.15, 0.2) is 57.2 Å². The molecule has 0 saturated heterocycles. The number of hydrogen-bond donors (Lipinski definition) is 3. The molecule has 1 aliphatic heterocycles. The number of hydrogen-bond acceptors (Lipinski definition) is 8. The number of rotatable bonds is 12. The van der Waals surface area contributed by atoms with Crippen molar-refractivity contribution >= 4 is 51.4 Å². The first-order chi connectivity index (χ1) is 18.8. The number of ether oxygens (including phenoxy) is 4. The van der Waals surface area contributed by atoms with Gasteiger partial charge in [-0.2, -0.15) is 5.10 Å². The predicted octanol–water partition coefficient (Wildman–Crippen LogP) is 4.13. The number of halogens is 1. The van der Waals surface area contributed by atoms with Crippen LogP contribution in [0.2, 0.25) is 0 Å². The number of hydrazone groups is 1. The second-order valence-electron chi connectivity index (χ2n) is 8.11. The summed E-state index contributed by atoms with van der Waals surface area (Å²) in [6, 6.07) is 10.1. The number of nitrogens with one attached hydrogen (secondary N) is 3. The first kappa shape index (κ1) is 29.9. The van der Waals surface area contributed by atoms with Crippen molar-refractivity contribution in [2.45, 2.75) is 33.7 Å². The van der Waals surface area contributed by atoms with Crippen LogP contribution in [0.5, 0.6) is 17.2 Å². The van der Waals surface area contributed by atoms with Crippen LogP contribution in [0.4, 0.5) is 0 Å². The molecule has 0 aliphatic carbocycles. The van der Waals surface area contributed by atoms with E-state index in [0.29, 0.717) is 62.4 Å². The third-order valence-corrected chi connectivity index (χ3v) is 6.19. The number of thiocarbonyl (C=S) groups is 1. The second-order valence-corrected chi connectivity index (χ2v) is 9.37. The molecule has 10 nitrogen and oxygen atoms in total. The molecule has 208 valence electrons. The van der Waals surface area contributed by atoms with E-state index in [1.165, 1.54) is 6.21 Å². The Morgan fingerprint density at radius 1 is 1.08 bits per heavy atom. The SMILES string of the molecule is CCOC(=O)C1=C(C)NC(=S)N[C@H]1c1ccccc1OCC(=O)NN=Cc1cc(Br)c(OCC)c(OCC)c1.